The normalized spacial score (nSPS) is 21.7. The van der Waals surface area contributed by atoms with Gasteiger partial charge in [0.2, 0.25) is 0 Å². The minimum Gasteiger partial charge on any atom is -0.383 e. The van der Waals surface area contributed by atoms with E-state index in [1.165, 1.54) is 17.5 Å². The van der Waals surface area contributed by atoms with Gasteiger partial charge in [-0.1, -0.05) is 18.2 Å². The number of nitrogens with zero attached hydrogens (tertiary/aromatic N) is 4. The van der Waals surface area contributed by atoms with E-state index in [-0.39, 0.29) is 0 Å². The molecule has 26 heavy (non-hydrogen) atoms. The van der Waals surface area contributed by atoms with Crippen LogP contribution in [0.3, 0.4) is 0 Å². The maximum absolute atomic E-state index is 9.82. The molecule has 0 saturated carbocycles. The molecular weight excluding hydrogens is 322 g/mol. The van der Waals surface area contributed by atoms with Crippen LogP contribution in [-0.2, 0) is 13.0 Å². The number of nitrogen functional groups attached to an aromatic ring is 1. The Labute approximate surface area is 155 Å². The molecule has 4 rings (SSSR count). The predicted molar refractivity (Wildman–Crippen MR) is 103 cm³/mol. The first-order valence-electron chi connectivity index (χ1n) is 9.18. The van der Waals surface area contributed by atoms with Crippen molar-refractivity contribution in [3.63, 3.8) is 0 Å². The van der Waals surface area contributed by atoms with Crippen molar-refractivity contribution in [2.24, 2.45) is 0 Å². The van der Waals surface area contributed by atoms with Gasteiger partial charge < -0.3 is 10.6 Å². The van der Waals surface area contributed by atoms with Gasteiger partial charge in [-0.05, 0) is 51.2 Å². The molecule has 2 aliphatic heterocycles. The third kappa shape index (κ3) is 2.66. The van der Waals surface area contributed by atoms with E-state index in [9.17, 15) is 5.26 Å². The topological polar surface area (TPSA) is 69.2 Å². The smallest absolute Gasteiger partial charge is 0.142 e. The predicted octanol–water partition coefficient (Wildman–Crippen LogP) is 2.96. The number of nitrogens with two attached hydrogens (primary N) is 1. The molecule has 1 aromatic heterocycles. The Morgan fingerprint density at radius 3 is 2.88 bits per heavy atom. The highest BCUT2D eigenvalue weighted by molar-refractivity contribution is 5.80. The average Bonchev–Trinajstić information content (AvgIpc) is 2.84. The molecule has 3 heterocycles. The molecule has 1 saturated heterocycles. The molecule has 134 valence electrons. The second kappa shape index (κ2) is 6.39. The lowest BCUT2D eigenvalue weighted by atomic mass is 9.86. The third-order valence-corrected chi connectivity index (χ3v) is 5.77. The van der Waals surface area contributed by atoms with E-state index in [1.807, 2.05) is 0 Å². The van der Waals surface area contributed by atoms with E-state index in [0.717, 1.165) is 36.2 Å². The zero-order valence-corrected chi connectivity index (χ0v) is 15.7. The van der Waals surface area contributed by atoms with Gasteiger partial charge in [-0.25, -0.2) is 4.98 Å². The van der Waals surface area contributed by atoms with Crippen LogP contribution in [0.1, 0.15) is 41.3 Å². The number of anilines is 1. The molecule has 2 N–H and O–H groups in total. The fourth-order valence-corrected chi connectivity index (χ4v) is 4.62. The summed E-state index contributed by atoms with van der Waals surface area (Å²) in [6.07, 6.45) is 3.22. The summed E-state index contributed by atoms with van der Waals surface area (Å²) in [5.74, 6) is 0.364. The van der Waals surface area contributed by atoms with E-state index in [4.69, 9.17) is 5.73 Å². The van der Waals surface area contributed by atoms with Crippen LogP contribution < -0.4 is 5.73 Å². The van der Waals surface area contributed by atoms with Gasteiger partial charge in [0, 0.05) is 41.9 Å². The summed E-state index contributed by atoms with van der Waals surface area (Å²) in [6.45, 7) is 0.865. The molecule has 2 bridgehead atoms. The minimum atomic E-state index is 0.330. The van der Waals surface area contributed by atoms with Gasteiger partial charge in [-0.3, -0.25) is 4.90 Å². The highest BCUT2D eigenvalue weighted by Gasteiger charge is 2.40. The number of likely N-dealkylation sites (N-methyl/N-ethyl adjacent to an activating group) is 1. The van der Waals surface area contributed by atoms with Gasteiger partial charge in [-0.15, -0.1) is 0 Å². The van der Waals surface area contributed by atoms with Gasteiger partial charge in [0.25, 0.3) is 0 Å². The lowest BCUT2D eigenvalue weighted by Gasteiger charge is -2.34. The molecule has 2 aliphatic rings. The maximum Gasteiger partial charge on any atom is 0.142 e. The molecule has 0 radical (unpaired) electrons. The Hall–Kier alpha value is -2.42. The molecule has 5 heteroatoms. The first-order valence-corrected chi connectivity index (χ1v) is 9.18. The van der Waals surface area contributed by atoms with E-state index in [2.05, 4.69) is 66.3 Å². The number of rotatable bonds is 3. The molecule has 0 aliphatic carbocycles. The number of pyridine rings is 1. The Bertz CT molecular complexity index is 896. The summed E-state index contributed by atoms with van der Waals surface area (Å²) in [7, 11) is 6.32. The molecule has 1 aromatic carbocycles. The SMILES string of the molecule is CN(C)Cc1cccc(-c2c(C#N)c(N)nc3c2[C@@H]2CC[C@H](C3)N2C)c1. The molecule has 2 atom stereocenters. The molecule has 0 spiro atoms. The van der Waals surface area contributed by atoms with Crippen molar-refractivity contribution >= 4 is 5.82 Å². The third-order valence-electron chi connectivity index (χ3n) is 5.77. The van der Waals surface area contributed by atoms with Crippen molar-refractivity contribution in [3.05, 3.63) is 46.6 Å². The second-order valence-electron chi connectivity index (χ2n) is 7.77. The Balaban J connectivity index is 1.94. The largest absolute Gasteiger partial charge is 0.383 e. The highest BCUT2D eigenvalue weighted by Crippen LogP contribution is 2.47. The summed E-state index contributed by atoms with van der Waals surface area (Å²) < 4.78 is 0. The van der Waals surface area contributed by atoms with E-state index >= 15 is 0 Å². The molecular formula is C21H25N5. The minimum absolute atomic E-state index is 0.330. The van der Waals surface area contributed by atoms with Crippen LogP contribution in [0.4, 0.5) is 5.82 Å². The fourth-order valence-electron chi connectivity index (χ4n) is 4.62. The summed E-state index contributed by atoms with van der Waals surface area (Å²) in [6, 6.07) is 11.7. The van der Waals surface area contributed by atoms with E-state index in [1.54, 1.807) is 0 Å². The molecule has 2 aromatic rings. The zero-order valence-electron chi connectivity index (χ0n) is 15.7. The maximum atomic E-state index is 9.82. The lowest BCUT2D eigenvalue weighted by molar-refractivity contribution is 0.222. The van der Waals surface area contributed by atoms with E-state index < -0.39 is 0 Å². The van der Waals surface area contributed by atoms with Gasteiger partial charge in [0.15, 0.2) is 0 Å². The van der Waals surface area contributed by atoms with Gasteiger partial charge in [0.05, 0.1) is 0 Å². The number of nitriles is 1. The van der Waals surface area contributed by atoms with Crippen LogP contribution in [-0.4, -0.2) is 42.0 Å². The average molecular weight is 347 g/mol. The van der Waals surface area contributed by atoms with Gasteiger partial charge >= 0.3 is 0 Å². The summed E-state index contributed by atoms with van der Waals surface area (Å²) in [4.78, 5) is 9.24. The Morgan fingerprint density at radius 2 is 2.15 bits per heavy atom. The van der Waals surface area contributed by atoms with Gasteiger partial charge in [0.1, 0.15) is 17.5 Å². The quantitative estimate of drug-likeness (QED) is 0.924. The number of aromatic nitrogens is 1. The molecule has 5 nitrogen and oxygen atoms in total. The van der Waals surface area contributed by atoms with Crippen LogP contribution in [0, 0.1) is 11.3 Å². The first-order chi connectivity index (χ1) is 12.5. The summed E-state index contributed by atoms with van der Waals surface area (Å²) in [5.41, 5.74) is 12.3. The van der Waals surface area contributed by atoms with Crippen molar-refractivity contribution in [1.82, 2.24) is 14.8 Å². The number of hydrogen-bond acceptors (Lipinski definition) is 5. The van der Waals surface area contributed by atoms with Crippen molar-refractivity contribution in [2.45, 2.75) is 37.9 Å². The number of fused-ring (bicyclic) bond motifs is 4. The fraction of sp³-hybridized carbons (Fsp3) is 0.429. The monoisotopic (exact) mass is 347 g/mol. The first kappa shape index (κ1) is 17.0. The Morgan fingerprint density at radius 1 is 1.35 bits per heavy atom. The molecule has 0 unspecified atom stereocenters. The van der Waals surface area contributed by atoms with Crippen LogP contribution in [0.5, 0.6) is 0 Å². The van der Waals surface area contributed by atoms with E-state index in [0.29, 0.717) is 23.5 Å². The second-order valence-corrected chi connectivity index (χ2v) is 7.77. The van der Waals surface area contributed by atoms with Crippen LogP contribution in [0.15, 0.2) is 24.3 Å². The zero-order chi connectivity index (χ0) is 18.4. The standard InChI is InChI=1S/C21H25N5/c1-25(2)12-13-5-4-6-14(9-13)19-16(11-22)21(23)24-17-10-15-7-8-18(20(17)19)26(15)3/h4-6,9,15,18H,7-8,10,12H2,1-3H3,(H2,23,24)/t15-,18+/m1/s1. The van der Waals surface area contributed by atoms with Crippen molar-refractivity contribution < 1.29 is 0 Å². The highest BCUT2D eigenvalue weighted by atomic mass is 15.2. The molecule has 1 fully saturated rings. The summed E-state index contributed by atoms with van der Waals surface area (Å²) >= 11 is 0. The summed E-state index contributed by atoms with van der Waals surface area (Å²) in [5, 5.41) is 9.82. The van der Waals surface area contributed by atoms with Gasteiger partial charge in [-0.2, -0.15) is 5.26 Å². The van der Waals surface area contributed by atoms with Crippen molar-refractivity contribution in [3.8, 4) is 17.2 Å². The number of hydrogen-bond donors (Lipinski definition) is 1. The Kier molecular flexibility index (Phi) is 4.18. The lowest BCUT2D eigenvalue weighted by Crippen LogP contribution is -2.35. The molecule has 0 amide bonds. The van der Waals surface area contributed by atoms with Crippen molar-refractivity contribution in [2.75, 3.05) is 26.9 Å². The van der Waals surface area contributed by atoms with Crippen molar-refractivity contribution in [1.29, 1.82) is 5.26 Å². The van der Waals surface area contributed by atoms with Crippen LogP contribution in [0.25, 0.3) is 11.1 Å². The number of benzene rings is 1. The van der Waals surface area contributed by atoms with Crippen LogP contribution >= 0.6 is 0 Å². The van der Waals surface area contributed by atoms with Crippen LogP contribution in [0.2, 0.25) is 0 Å².